The number of aryl methyl sites for hydroxylation is 1. The summed E-state index contributed by atoms with van der Waals surface area (Å²) in [6.07, 6.45) is 6.54. The molecule has 0 fully saturated rings. The molecule has 0 aliphatic heterocycles. The highest BCUT2D eigenvalue weighted by Gasteiger charge is 2.01. The van der Waals surface area contributed by atoms with Crippen LogP contribution in [0.2, 0.25) is 0 Å². The van der Waals surface area contributed by atoms with E-state index in [9.17, 15) is 0 Å². The van der Waals surface area contributed by atoms with Gasteiger partial charge >= 0.3 is 0 Å². The average Bonchev–Trinajstić information content (AvgIpc) is 2.91. The van der Waals surface area contributed by atoms with Crippen molar-refractivity contribution in [2.24, 2.45) is 0 Å². The number of imidazole rings is 1. The van der Waals surface area contributed by atoms with Crippen LogP contribution in [0.5, 0.6) is 0 Å². The summed E-state index contributed by atoms with van der Waals surface area (Å²) in [5, 5.41) is 7.61. The van der Waals surface area contributed by atoms with Gasteiger partial charge in [-0.25, -0.2) is 4.98 Å². The Kier molecular flexibility index (Phi) is 3.71. The number of aromatic amines is 1. The van der Waals surface area contributed by atoms with Crippen LogP contribution in [0.25, 0.3) is 0 Å². The zero-order valence-electron chi connectivity index (χ0n) is 9.48. The lowest BCUT2D eigenvalue weighted by molar-refractivity contribution is 0.546. The van der Waals surface area contributed by atoms with Crippen molar-refractivity contribution < 1.29 is 0 Å². The Bertz CT molecular complexity index is 404. The first-order valence-electron chi connectivity index (χ1n) is 5.60. The van der Waals surface area contributed by atoms with E-state index < -0.39 is 0 Å². The average molecular weight is 219 g/mol. The van der Waals surface area contributed by atoms with E-state index in [2.05, 4.69) is 27.3 Å². The van der Waals surface area contributed by atoms with Crippen LogP contribution in [0.4, 0.5) is 0 Å². The number of H-pyrrole nitrogens is 1. The molecule has 0 saturated carbocycles. The molecule has 2 rings (SSSR count). The molecule has 0 aliphatic rings. The zero-order valence-corrected chi connectivity index (χ0v) is 9.48. The maximum atomic E-state index is 4.27. The molecule has 0 spiro atoms. The van der Waals surface area contributed by atoms with Crippen LogP contribution in [0, 0.1) is 0 Å². The summed E-state index contributed by atoms with van der Waals surface area (Å²) < 4.78 is 2.04. The Morgan fingerprint density at radius 3 is 3.06 bits per heavy atom. The first-order valence-corrected chi connectivity index (χ1v) is 5.60. The highest BCUT2D eigenvalue weighted by atomic mass is 15.3. The minimum Gasteiger partial charge on any atom is -0.348 e. The van der Waals surface area contributed by atoms with Gasteiger partial charge in [-0.3, -0.25) is 4.68 Å². The quantitative estimate of drug-likeness (QED) is 0.770. The molecule has 0 unspecified atom stereocenters. The van der Waals surface area contributed by atoms with Gasteiger partial charge in [-0.05, 0) is 12.5 Å². The standard InChI is InChI=1S/C11H17N5/c1-2-7-16-10(3-4-15-16)8-12-9-11-13-5-6-14-11/h3-6,12H,2,7-9H2,1H3,(H,13,14). The summed E-state index contributed by atoms with van der Waals surface area (Å²) >= 11 is 0. The van der Waals surface area contributed by atoms with E-state index in [1.54, 1.807) is 6.20 Å². The minimum absolute atomic E-state index is 0.754. The topological polar surface area (TPSA) is 58.5 Å². The van der Waals surface area contributed by atoms with Crippen LogP contribution < -0.4 is 5.32 Å². The lowest BCUT2D eigenvalue weighted by Crippen LogP contribution is -2.17. The molecule has 0 bridgehead atoms. The van der Waals surface area contributed by atoms with Gasteiger partial charge in [0.05, 0.1) is 12.2 Å². The van der Waals surface area contributed by atoms with Crippen molar-refractivity contribution >= 4 is 0 Å². The van der Waals surface area contributed by atoms with Gasteiger partial charge in [-0.15, -0.1) is 0 Å². The molecule has 2 aromatic heterocycles. The van der Waals surface area contributed by atoms with Gasteiger partial charge in [0.2, 0.25) is 0 Å². The number of hydrogen-bond donors (Lipinski definition) is 2. The van der Waals surface area contributed by atoms with Crippen molar-refractivity contribution in [1.29, 1.82) is 0 Å². The molecular weight excluding hydrogens is 202 g/mol. The molecule has 0 radical (unpaired) electrons. The number of aromatic nitrogens is 4. The summed E-state index contributed by atoms with van der Waals surface area (Å²) in [6.45, 7) is 4.71. The van der Waals surface area contributed by atoms with E-state index in [1.165, 1.54) is 5.69 Å². The van der Waals surface area contributed by atoms with Gasteiger partial charge in [0.25, 0.3) is 0 Å². The van der Waals surface area contributed by atoms with Crippen LogP contribution in [0.1, 0.15) is 24.9 Å². The number of nitrogens with zero attached hydrogens (tertiary/aromatic N) is 3. The third kappa shape index (κ3) is 2.70. The zero-order chi connectivity index (χ0) is 11.2. The summed E-state index contributed by atoms with van der Waals surface area (Å²) in [4.78, 5) is 7.21. The molecule has 0 saturated heterocycles. The Morgan fingerprint density at radius 1 is 1.38 bits per heavy atom. The normalized spacial score (nSPS) is 10.8. The maximum Gasteiger partial charge on any atom is 0.120 e. The van der Waals surface area contributed by atoms with Gasteiger partial charge in [0, 0.05) is 31.7 Å². The fourth-order valence-electron chi connectivity index (χ4n) is 1.63. The number of nitrogens with one attached hydrogen (secondary N) is 2. The van der Waals surface area contributed by atoms with Gasteiger partial charge in [0.1, 0.15) is 5.82 Å². The van der Waals surface area contributed by atoms with E-state index >= 15 is 0 Å². The highest BCUT2D eigenvalue weighted by Crippen LogP contribution is 2.00. The smallest absolute Gasteiger partial charge is 0.120 e. The second-order valence-corrected chi connectivity index (χ2v) is 3.69. The third-order valence-electron chi connectivity index (χ3n) is 2.39. The Labute approximate surface area is 94.9 Å². The second kappa shape index (κ2) is 5.46. The largest absolute Gasteiger partial charge is 0.348 e. The van der Waals surface area contributed by atoms with Crippen LogP contribution in [0.3, 0.4) is 0 Å². The van der Waals surface area contributed by atoms with Crippen molar-refractivity contribution in [1.82, 2.24) is 25.1 Å². The van der Waals surface area contributed by atoms with E-state index in [-0.39, 0.29) is 0 Å². The fourth-order valence-corrected chi connectivity index (χ4v) is 1.63. The minimum atomic E-state index is 0.754. The molecule has 0 aromatic carbocycles. The van der Waals surface area contributed by atoms with Crippen molar-refractivity contribution in [3.63, 3.8) is 0 Å². The number of hydrogen-bond acceptors (Lipinski definition) is 3. The lowest BCUT2D eigenvalue weighted by atomic mass is 10.4. The first kappa shape index (κ1) is 10.9. The molecule has 86 valence electrons. The van der Waals surface area contributed by atoms with Gasteiger partial charge in [0.15, 0.2) is 0 Å². The predicted molar refractivity (Wildman–Crippen MR) is 61.6 cm³/mol. The lowest BCUT2D eigenvalue weighted by Gasteiger charge is -2.06. The molecule has 5 heteroatoms. The molecule has 16 heavy (non-hydrogen) atoms. The van der Waals surface area contributed by atoms with E-state index in [0.29, 0.717) is 0 Å². The predicted octanol–water partition coefficient (Wildman–Crippen LogP) is 1.31. The maximum absolute atomic E-state index is 4.27. The summed E-state index contributed by atoms with van der Waals surface area (Å²) in [5.74, 6) is 0.960. The van der Waals surface area contributed by atoms with Crippen LogP contribution >= 0.6 is 0 Å². The SMILES string of the molecule is CCCn1nccc1CNCc1ncc[nH]1. The van der Waals surface area contributed by atoms with E-state index in [4.69, 9.17) is 0 Å². The second-order valence-electron chi connectivity index (χ2n) is 3.69. The number of rotatable bonds is 6. The Morgan fingerprint density at radius 2 is 2.31 bits per heavy atom. The van der Waals surface area contributed by atoms with Crippen LogP contribution in [-0.4, -0.2) is 19.7 Å². The Balaban J connectivity index is 1.82. The van der Waals surface area contributed by atoms with Crippen LogP contribution in [-0.2, 0) is 19.6 Å². The first-order chi connectivity index (χ1) is 7.90. The van der Waals surface area contributed by atoms with Gasteiger partial charge in [-0.1, -0.05) is 6.92 Å². The van der Waals surface area contributed by atoms with Crippen LogP contribution in [0.15, 0.2) is 24.7 Å². The molecule has 2 N–H and O–H groups in total. The third-order valence-corrected chi connectivity index (χ3v) is 2.39. The molecule has 5 nitrogen and oxygen atoms in total. The molecule has 0 aliphatic carbocycles. The monoisotopic (exact) mass is 219 g/mol. The molecule has 0 amide bonds. The van der Waals surface area contributed by atoms with Crippen molar-refractivity contribution in [3.8, 4) is 0 Å². The van der Waals surface area contributed by atoms with Crippen molar-refractivity contribution in [3.05, 3.63) is 36.2 Å². The molecule has 0 atom stereocenters. The van der Waals surface area contributed by atoms with Gasteiger partial charge in [-0.2, -0.15) is 5.10 Å². The summed E-state index contributed by atoms with van der Waals surface area (Å²) in [5.41, 5.74) is 1.22. The van der Waals surface area contributed by atoms with Gasteiger partial charge < -0.3 is 10.3 Å². The van der Waals surface area contributed by atoms with E-state index in [1.807, 2.05) is 23.1 Å². The molecule has 2 heterocycles. The highest BCUT2D eigenvalue weighted by molar-refractivity contribution is 5.00. The summed E-state index contributed by atoms with van der Waals surface area (Å²) in [6, 6.07) is 2.05. The van der Waals surface area contributed by atoms with E-state index in [0.717, 1.165) is 31.9 Å². The fraction of sp³-hybridized carbons (Fsp3) is 0.455. The summed E-state index contributed by atoms with van der Waals surface area (Å²) in [7, 11) is 0. The van der Waals surface area contributed by atoms with Crippen molar-refractivity contribution in [2.45, 2.75) is 33.0 Å². The molecular formula is C11H17N5. The Hall–Kier alpha value is -1.62. The van der Waals surface area contributed by atoms with Crippen molar-refractivity contribution in [2.75, 3.05) is 0 Å². The molecule has 2 aromatic rings.